The Morgan fingerprint density at radius 3 is 2.55 bits per heavy atom. The van der Waals surface area contributed by atoms with E-state index in [9.17, 15) is 13.2 Å². The zero-order chi connectivity index (χ0) is 14.9. The highest BCUT2D eigenvalue weighted by Crippen LogP contribution is 2.21. The molecule has 0 aliphatic carbocycles. The van der Waals surface area contributed by atoms with Crippen molar-refractivity contribution < 1.29 is 13.2 Å². The third-order valence-electron chi connectivity index (χ3n) is 2.96. The predicted molar refractivity (Wildman–Crippen MR) is 75.6 cm³/mol. The molecule has 1 amide bonds. The Bertz CT molecular complexity index is 763. The lowest BCUT2D eigenvalue weighted by molar-refractivity contribution is 0.102. The van der Waals surface area contributed by atoms with Crippen LogP contribution in [0.2, 0.25) is 0 Å². The van der Waals surface area contributed by atoms with Crippen molar-refractivity contribution in [3.8, 4) is 0 Å². The largest absolute Gasteiger partial charge is 0.322 e. The van der Waals surface area contributed by atoms with E-state index < -0.39 is 9.84 Å². The number of nitrogens with one attached hydrogen (secondary N) is 2. The molecule has 0 fully saturated rings. The fraction of sp³-hybridized carbons (Fsp3) is 0.231. The molecule has 0 aliphatic heterocycles. The Labute approximate surface area is 117 Å². The predicted octanol–water partition coefficient (Wildman–Crippen LogP) is 1.68. The van der Waals surface area contributed by atoms with Crippen LogP contribution in [0, 0.1) is 13.8 Å². The van der Waals surface area contributed by atoms with Crippen LogP contribution < -0.4 is 5.32 Å². The fourth-order valence-electron chi connectivity index (χ4n) is 1.74. The molecule has 1 aromatic carbocycles. The maximum Gasteiger partial charge on any atom is 0.259 e. The normalized spacial score (nSPS) is 11.3. The quantitative estimate of drug-likeness (QED) is 0.900. The molecule has 0 radical (unpaired) electrons. The Morgan fingerprint density at radius 1 is 1.30 bits per heavy atom. The van der Waals surface area contributed by atoms with Gasteiger partial charge in [0.15, 0.2) is 9.84 Å². The van der Waals surface area contributed by atoms with Gasteiger partial charge in [-0.05, 0) is 31.5 Å². The molecule has 106 valence electrons. The van der Waals surface area contributed by atoms with Crippen LogP contribution in [0.3, 0.4) is 0 Å². The van der Waals surface area contributed by atoms with Crippen molar-refractivity contribution in [2.24, 2.45) is 0 Å². The van der Waals surface area contributed by atoms with Gasteiger partial charge >= 0.3 is 0 Å². The van der Waals surface area contributed by atoms with E-state index in [1.807, 2.05) is 0 Å². The summed E-state index contributed by atoms with van der Waals surface area (Å²) >= 11 is 0. The Morgan fingerprint density at radius 2 is 2.00 bits per heavy atom. The molecule has 20 heavy (non-hydrogen) atoms. The molecule has 2 aromatic rings. The lowest BCUT2D eigenvalue weighted by Crippen LogP contribution is -2.13. The summed E-state index contributed by atoms with van der Waals surface area (Å²) in [4.78, 5) is 12.3. The topological polar surface area (TPSA) is 91.9 Å². The Balaban J connectivity index is 2.34. The SMILES string of the molecule is Cc1ccc(S(C)(=O)=O)cc1NC(=O)c1cn[nH]c1C. The summed E-state index contributed by atoms with van der Waals surface area (Å²) in [5.74, 6) is -0.329. The first-order valence-electron chi connectivity index (χ1n) is 5.91. The molecule has 0 bridgehead atoms. The Kier molecular flexibility index (Phi) is 3.63. The minimum atomic E-state index is -3.31. The average molecular weight is 293 g/mol. The van der Waals surface area contributed by atoms with Crippen molar-refractivity contribution in [1.29, 1.82) is 0 Å². The van der Waals surface area contributed by atoms with Gasteiger partial charge in [0.2, 0.25) is 0 Å². The van der Waals surface area contributed by atoms with Gasteiger partial charge in [-0.2, -0.15) is 5.10 Å². The standard InChI is InChI=1S/C13H15N3O3S/c1-8-4-5-10(20(3,18)19)6-12(8)15-13(17)11-7-14-16-9(11)2/h4-7H,1-3H3,(H,14,16)(H,15,17). The maximum atomic E-state index is 12.1. The summed E-state index contributed by atoms with van der Waals surface area (Å²) in [6.07, 6.45) is 2.56. The fourth-order valence-corrected chi connectivity index (χ4v) is 2.38. The number of carbonyl (C=O) groups excluding carboxylic acids is 1. The van der Waals surface area contributed by atoms with Crippen molar-refractivity contribution in [3.63, 3.8) is 0 Å². The third-order valence-corrected chi connectivity index (χ3v) is 4.07. The summed E-state index contributed by atoms with van der Waals surface area (Å²) in [5, 5.41) is 9.16. The molecule has 0 saturated heterocycles. The van der Waals surface area contributed by atoms with Crippen LogP contribution in [0.5, 0.6) is 0 Å². The van der Waals surface area contributed by atoms with Crippen LogP contribution in [0.25, 0.3) is 0 Å². The molecule has 7 heteroatoms. The minimum absolute atomic E-state index is 0.169. The number of hydrogen-bond donors (Lipinski definition) is 2. The number of rotatable bonds is 3. The van der Waals surface area contributed by atoms with Gasteiger partial charge in [-0.1, -0.05) is 6.07 Å². The third kappa shape index (κ3) is 2.88. The number of nitrogens with zero attached hydrogens (tertiary/aromatic N) is 1. The molecule has 0 spiro atoms. The Hall–Kier alpha value is -2.15. The van der Waals surface area contributed by atoms with Crippen molar-refractivity contribution >= 4 is 21.4 Å². The number of anilines is 1. The van der Waals surface area contributed by atoms with E-state index >= 15 is 0 Å². The second kappa shape index (κ2) is 5.09. The van der Waals surface area contributed by atoms with Crippen LogP contribution in [0.4, 0.5) is 5.69 Å². The van der Waals surface area contributed by atoms with Crippen LogP contribution in [-0.2, 0) is 9.84 Å². The van der Waals surface area contributed by atoms with Gasteiger partial charge in [0.25, 0.3) is 5.91 Å². The number of hydrogen-bond acceptors (Lipinski definition) is 4. The highest BCUT2D eigenvalue weighted by atomic mass is 32.2. The number of benzene rings is 1. The lowest BCUT2D eigenvalue weighted by atomic mass is 10.2. The zero-order valence-corrected chi connectivity index (χ0v) is 12.2. The van der Waals surface area contributed by atoms with Crippen LogP contribution >= 0.6 is 0 Å². The van der Waals surface area contributed by atoms with E-state index in [0.717, 1.165) is 11.8 Å². The first-order valence-corrected chi connectivity index (χ1v) is 7.80. The van der Waals surface area contributed by atoms with E-state index in [2.05, 4.69) is 15.5 Å². The van der Waals surface area contributed by atoms with Gasteiger partial charge < -0.3 is 5.32 Å². The van der Waals surface area contributed by atoms with Crippen molar-refractivity contribution in [2.75, 3.05) is 11.6 Å². The van der Waals surface area contributed by atoms with Crippen LogP contribution in [0.15, 0.2) is 29.3 Å². The van der Waals surface area contributed by atoms with Gasteiger partial charge in [0.1, 0.15) is 0 Å². The summed E-state index contributed by atoms with van der Waals surface area (Å²) < 4.78 is 23.1. The van der Waals surface area contributed by atoms with E-state index in [-0.39, 0.29) is 10.8 Å². The molecule has 1 aromatic heterocycles. The number of sulfone groups is 1. The van der Waals surface area contributed by atoms with Crippen molar-refractivity contribution in [1.82, 2.24) is 10.2 Å². The van der Waals surface area contributed by atoms with E-state index in [4.69, 9.17) is 0 Å². The lowest BCUT2D eigenvalue weighted by Gasteiger charge is -2.09. The number of aromatic nitrogens is 2. The zero-order valence-electron chi connectivity index (χ0n) is 11.4. The van der Waals surface area contributed by atoms with Crippen molar-refractivity contribution in [3.05, 3.63) is 41.2 Å². The number of aromatic amines is 1. The second-order valence-corrected chi connectivity index (χ2v) is 6.63. The summed E-state index contributed by atoms with van der Waals surface area (Å²) in [6, 6.07) is 4.63. The summed E-state index contributed by atoms with van der Waals surface area (Å²) in [7, 11) is -3.31. The van der Waals surface area contributed by atoms with Gasteiger partial charge in [0.05, 0.1) is 16.7 Å². The smallest absolute Gasteiger partial charge is 0.259 e. The number of aryl methyl sites for hydroxylation is 2. The molecular formula is C13H15N3O3S. The first kappa shape index (κ1) is 14.3. The second-order valence-electron chi connectivity index (χ2n) is 4.61. The molecule has 2 rings (SSSR count). The number of H-pyrrole nitrogens is 1. The summed E-state index contributed by atoms with van der Waals surface area (Å²) in [6.45, 7) is 3.53. The monoisotopic (exact) mass is 293 g/mol. The molecular weight excluding hydrogens is 278 g/mol. The van der Waals surface area contributed by atoms with Gasteiger partial charge in [-0.15, -0.1) is 0 Å². The van der Waals surface area contributed by atoms with E-state index in [0.29, 0.717) is 16.9 Å². The van der Waals surface area contributed by atoms with Gasteiger partial charge in [-0.3, -0.25) is 9.89 Å². The molecule has 1 heterocycles. The van der Waals surface area contributed by atoms with Gasteiger partial charge in [-0.25, -0.2) is 8.42 Å². The number of amides is 1. The van der Waals surface area contributed by atoms with Crippen LogP contribution in [0.1, 0.15) is 21.6 Å². The van der Waals surface area contributed by atoms with Gasteiger partial charge in [0, 0.05) is 17.6 Å². The minimum Gasteiger partial charge on any atom is -0.322 e. The molecule has 0 atom stereocenters. The molecule has 0 saturated carbocycles. The van der Waals surface area contributed by atoms with Crippen LogP contribution in [-0.4, -0.2) is 30.8 Å². The molecule has 2 N–H and O–H groups in total. The number of carbonyl (C=O) groups is 1. The molecule has 0 aliphatic rings. The summed E-state index contributed by atoms with van der Waals surface area (Å²) in [5.41, 5.74) is 2.33. The molecule has 6 nitrogen and oxygen atoms in total. The highest BCUT2D eigenvalue weighted by molar-refractivity contribution is 7.90. The maximum absolute atomic E-state index is 12.1. The first-order chi connectivity index (χ1) is 9.29. The molecule has 0 unspecified atom stereocenters. The van der Waals surface area contributed by atoms with Crippen molar-refractivity contribution in [2.45, 2.75) is 18.7 Å². The van der Waals surface area contributed by atoms with E-state index in [1.54, 1.807) is 19.9 Å². The van der Waals surface area contributed by atoms with E-state index in [1.165, 1.54) is 18.3 Å². The average Bonchev–Trinajstić information content (AvgIpc) is 2.77. The highest BCUT2D eigenvalue weighted by Gasteiger charge is 2.14.